The molecule has 0 spiro atoms. The molecule has 0 fully saturated rings. The molecule has 0 aliphatic carbocycles. The topological polar surface area (TPSA) is 34.1 Å². The van der Waals surface area contributed by atoms with Crippen molar-refractivity contribution in [2.45, 2.75) is 13.0 Å². The molecule has 2 rings (SSSR count). The number of rotatable bonds is 4. The number of nitrogens with one attached hydrogen (secondary N) is 1. The molecule has 1 N–H and O–H groups in total. The van der Waals surface area contributed by atoms with E-state index in [-0.39, 0.29) is 6.04 Å². The lowest BCUT2D eigenvalue weighted by molar-refractivity contribution is 0.399. The molecule has 0 radical (unpaired) electrons. The summed E-state index contributed by atoms with van der Waals surface area (Å²) in [6.07, 6.45) is 1.72. The van der Waals surface area contributed by atoms with Gasteiger partial charge in [-0.1, -0.05) is 30.3 Å². The van der Waals surface area contributed by atoms with E-state index >= 15 is 0 Å². The maximum atomic E-state index is 5.21. The summed E-state index contributed by atoms with van der Waals surface area (Å²) >= 11 is 0. The summed E-state index contributed by atoms with van der Waals surface area (Å²) in [4.78, 5) is 4.16. The van der Waals surface area contributed by atoms with E-state index in [0.29, 0.717) is 5.88 Å². The van der Waals surface area contributed by atoms with E-state index in [4.69, 9.17) is 4.74 Å². The Balaban J connectivity index is 2.16. The van der Waals surface area contributed by atoms with Gasteiger partial charge in [0.2, 0.25) is 5.88 Å². The highest BCUT2D eigenvalue weighted by Gasteiger charge is 2.08. The maximum Gasteiger partial charge on any atom is 0.237 e. The van der Waals surface area contributed by atoms with Crippen LogP contribution in [0.2, 0.25) is 0 Å². The summed E-state index contributed by atoms with van der Waals surface area (Å²) in [6.45, 7) is 2.11. The second-order valence-corrected chi connectivity index (χ2v) is 3.84. The quantitative estimate of drug-likeness (QED) is 0.872. The molecule has 0 saturated heterocycles. The third-order valence-electron chi connectivity index (χ3n) is 2.64. The maximum absolute atomic E-state index is 5.21. The lowest BCUT2D eigenvalue weighted by Gasteiger charge is -2.16. The normalized spacial score (nSPS) is 11.9. The van der Waals surface area contributed by atoms with Crippen molar-refractivity contribution in [2.75, 3.05) is 12.4 Å². The minimum Gasteiger partial charge on any atom is -0.480 e. The van der Waals surface area contributed by atoms with Gasteiger partial charge in [-0.05, 0) is 24.6 Å². The lowest BCUT2D eigenvalue weighted by Crippen LogP contribution is -2.07. The Morgan fingerprint density at radius 2 is 1.88 bits per heavy atom. The van der Waals surface area contributed by atoms with Gasteiger partial charge in [0, 0.05) is 12.2 Å². The Labute approximate surface area is 101 Å². The number of methoxy groups -OCH3 is 1. The zero-order valence-electron chi connectivity index (χ0n) is 10.1. The average Bonchev–Trinajstić information content (AvgIpc) is 2.40. The van der Waals surface area contributed by atoms with Crippen molar-refractivity contribution in [3.63, 3.8) is 0 Å². The molecule has 2 aromatic rings. The van der Waals surface area contributed by atoms with Crippen LogP contribution in [0.3, 0.4) is 0 Å². The van der Waals surface area contributed by atoms with Crippen molar-refractivity contribution in [3.8, 4) is 5.88 Å². The van der Waals surface area contributed by atoms with Crippen LogP contribution in [-0.2, 0) is 0 Å². The number of anilines is 1. The van der Waals surface area contributed by atoms with Gasteiger partial charge in [0.15, 0.2) is 0 Å². The zero-order chi connectivity index (χ0) is 12.1. The SMILES string of the molecule is COc1ncccc1NC(C)c1ccccc1. The standard InChI is InChI=1S/C14H16N2O/c1-11(12-7-4-3-5-8-12)16-13-9-6-10-15-14(13)17-2/h3-11,16H,1-2H3. The van der Waals surface area contributed by atoms with Crippen molar-refractivity contribution in [1.29, 1.82) is 0 Å². The van der Waals surface area contributed by atoms with Gasteiger partial charge in [-0.25, -0.2) is 4.98 Å². The Morgan fingerprint density at radius 3 is 2.59 bits per heavy atom. The molecule has 0 saturated carbocycles. The van der Waals surface area contributed by atoms with E-state index in [0.717, 1.165) is 5.69 Å². The van der Waals surface area contributed by atoms with Crippen molar-refractivity contribution in [3.05, 3.63) is 54.2 Å². The van der Waals surface area contributed by atoms with Gasteiger partial charge >= 0.3 is 0 Å². The third-order valence-corrected chi connectivity index (χ3v) is 2.64. The number of hydrogen-bond donors (Lipinski definition) is 1. The van der Waals surface area contributed by atoms with Gasteiger partial charge in [-0.2, -0.15) is 0 Å². The minimum absolute atomic E-state index is 0.217. The molecule has 3 heteroatoms. The number of ether oxygens (including phenoxy) is 1. The van der Waals surface area contributed by atoms with E-state index in [2.05, 4.69) is 29.4 Å². The first kappa shape index (κ1) is 11.5. The van der Waals surface area contributed by atoms with Crippen LogP contribution in [-0.4, -0.2) is 12.1 Å². The fourth-order valence-electron chi connectivity index (χ4n) is 1.72. The number of nitrogens with zero attached hydrogens (tertiary/aromatic N) is 1. The molecule has 3 nitrogen and oxygen atoms in total. The van der Waals surface area contributed by atoms with Crippen LogP contribution in [0.15, 0.2) is 48.7 Å². The number of pyridine rings is 1. The van der Waals surface area contributed by atoms with Crippen LogP contribution in [0.4, 0.5) is 5.69 Å². The first-order valence-electron chi connectivity index (χ1n) is 5.61. The summed E-state index contributed by atoms with van der Waals surface area (Å²) < 4.78 is 5.21. The Kier molecular flexibility index (Phi) is 3.60. The van der Waals surface area contributed by atoms with Gasteiger partial charge in [-0.15, -0.1) is 0 Å². The summed E-state index contributed by atoms with van der Waals surface area (Å²) in [5.41, 5.74) is 2.14. The van der Waals surface area contributed by atoms with Crippen LogP contribution >= 0.6 is 0 Å². The average molecular weight is 228 g/mol. The molecule has 0 aliphatic heterocycles. The highest BCUT2D eigenvalue weighted by molar-refractivity contribution is 5.53. The van der Waals surface area contributed by atoms with E-state index in [1.165, 1.54) is 5.56 Å². The summed E-state index contributed by atoms with van der Waals surface area (Å²) in [6, 6.07) is 14.4. The monoisotopic (exact) mass is 228 g/mol. The molecule has 1 unspecified atom stereocenters. The van der Waals surface area contributed by atoms with E-state index in [1.54, 1.807) is 13.3 Å². The van der Waals surface area contributed by atoms with Crippen LogP contribution in [0, 0.1) is 0 Å². The lowest BCUT2D eigenvalue weighted by atomic mass is 10.1. The Hall–Kier alpha value is -2.03. The van der Waals surface area contributed by atoms with Crippen LogP contribution in [0.25, 0.3) is 0 Å². The smallest absolute Gasteiger partial charge is 0.237 e. The highest BCUT2D eigenvalue weighted by atomic mass is 16.5. The number of hydrogen-bond acceptors (Lipinski definition) is 3. The first-order valence-corrected chi connectivity index (χ1v) is 5.61. The molecule has 17 heavy (non-hydrogen) atoms. The van der Waals surface area contributed by atoms with Crippen LogP contribution in [0.1, 0.15) is 18.5 Å². The first-order chi connectivity index (χ1) is 8.31. The largest absolute Gasteiger partial charge is 0.480 e. The molecule has 1 aromatic heterocycles. The predicted molar refractivity (Wildman–Crippen MR) is 69.3 cm³/mol. The molecule has 1 atom stereocenters. The van der Waals surface area contributed by atoms with E-state index < -0.39 is 0 Å². The second kappa shape index (κ2) is 5.34. The second-order valence-electron chi connectivity index (χ2n) is 3.84. The molecule has 1 aromatic carbocycles. The summed E-state index contributed by atoms with van der Waals surface area (Å²) in [5.74, 6) is 0.621. The molecule has 88 valence electrons. The van der Waals surface area contributed by atoms with Gasteiger partial charge in [0.05, 0.1) is 12.8 Å². The van der Waals surface area contributed by atoms with Crippen LogP contribution in [0.5, 0.6) is 5.88 Å². The van der Waals surface area contributed by atoms with Gasteiger partial charge in [0.25, 0.3) is 0 Å². The highest BCUT2D eigenvalue weighted by Crippen LogP contribution is 2.25. The minimum atomic E-state index is 0.217. The Bertz CT molecular complexity index is 471. The van der Waals surface area contributed by atoms with E-state index in [1.807, 2.05) is 30.3 Å². The molecular formula is C14H16N2O. The zero-order valence-corrected chi connectivity index (χ0v) is 10.1. The van der Waals surface area contributed by atoms with Crippen molar-refractivity contribution < 1.29 is 4.74 Å². The van der Waals surface area contributed by atoms with Crippen molar-refractivity contribution in [2.24, 2.45) is 0 Å². The molecule has 0 aliphatic rings. The fraction of sp³-hybridized carbons (Fsp3) is 0.214. The Morgan fingerprint density at radius 1 is 1.12 bits per heavy atom. The summed E-state index contributed by atoms with van der Waals surface area (Å²) in [7, 11) is 1.63. The predicted octanol–water partition coefficient (Wildman–Crippen LogP) is 3.26. The summed E-state index contributed by atoms with van der Waals surface area (Å²) in [5, 5.41) is 3.39. The number of aromatic nitrogens is 1. The fourth-order valence-corrected chi connectivity index (χ4v) is 1.72. The number of benzene rings is 1. The van der Waals surface area contributed by atoms with Gasteiger partial charge in [0.1, 0.15) is 0 Å². The third kappa shape index (κ3) is 2.75. The molecule has 0 bridgehead atoms. The van der Waals surface area contributed by atoms with Crippen molar-refractivity contribution >= 4 is 5.69 Å². The molecule has 1 heterocycles. The van der Waals surface area contributed by atoms with Crippen LogP contribution < -0.4 is 10.1 Å². The molecular weight excluding hydrogens is 212 g/mol. The van der Waals surface area contributed by atoms with Crippen molar-refractivity contribution in [1.82, 2.24) is 4.98 Å². The van der Waals surface area contributed by atoms with E-state index in [9.17, 15) is 0 Å². The van der Waals surface area contributed by atoms with Gasteiger partial charge < -0.3 is 10.1 Å². The molecule has 0 amide bonds. The van der Waals surface area contributed by atoms with Gasteiger partial charge in [-0.3, -0.25) is 0 Å².